The maximum atomic E-state index is 12.4. The molecule has 0 aliphatic carbocycles. The monoisotopic (exact) mass is 386 g/mol. The maximum absolute atomic E-state index is 12.4. The normalized spacial score (nSPS) is 12.9. The fourth-order valence-electron chi connectivity index (χ4n) is 2.51. The smallest absolute Gasteiger partial charge is 0.343 e. The van der Waals surface area contributed by atoms with Crippen LogP contribution >= 0.6 is 11.8 Å². The molecule has 0 fully saturated rings. The van der Waals surface area contributed by atoms with Crippen LogP contribution in [0.25, 0.3) is 0 Å². The van der Waals surface area contributed by atoms with Crippen molar-refractivity contribution in [2.75, 3.05) is 36.2 Å². The number of fused-ring (bicyclic) bond motifs is 1. The highest BCUT2D eigenvalue weighted by Crippen LogP contribution is 2.34. The van der Waals surface area contributed by atoms with Crippen LogP contribution in [0.15, 0.2) is 53.4 Å². The second kappa shape index (κ2) is 8.59. The number of esters is 1. The summed E-state index contributed by atoms with van der Waals surface area (Å²) in [6.45, 7) is -0.242. The third-order valence-corrected chi connectivity index (χ3v) is 4.88. The van der Waals surface area contributed by atoms with Gasteiger partial charge < -0.3 is 19.7 Å². The molecule has 0 spiro atoms. The zero-order valence-electron chi connectivity index (χ0n) is 14.6. The number of amides is 2. The number of para-hydroxylation sites is 1. The van der Waals surface area contributed by atoms with Gasteiger partial charge in [-0.15, -0.1) is 11.8 Å². The van der Waals surface area contributed by atoms with Crippen molar-refractivity contribution in [3.8, 4) is 5.75 Å². The average Bonchev–Trinajstić information content (AvgIpc) is 2.69. The van der Waals surface area contributed by atoms with E-state index >= 15 is 0 Å². The number of ether oxygens (including phenoxy) is 2. The third-order valence-electron chi connectivity index (χ3n) is 3.83. The number of nitrogens with one attached hydrogen (secondary N) is 1. The highest BCUT2D eigenvalue weighted by molar-refractivity contribution is 8.00. The van der Waals surface area contributed by atoms with E-state index in [1.54, 1.807) is 24.3 Å². The fraction of sp³-hybridized carbons (Fsp3) is 0.211. The number of rotatable bonds is 6. The van der Waals surface area contributed by atoms with Crippen LogP contribution in [0, 0.1) is 0 Å². The molecule has 1 aliphatic heterocycles. The van der Waals surface area contributed by atoms with Gasteiger partial charge in [0.05, 0.1) is 18.6 Å². The third kappa shape index (κ3) is 4.79. The van der Waals surface area contributed by atoms with E-state index in [4.69, 9.17) is 4.74 Å². The quantitative estimate of drug-likeness (QED) is 0.767. The van der Waals surface area contributed by atoms with Crippen molar-refractivity contribution in [2.45, 2.75) is 4.90 Å². The number of hydrogen-bond acceptors (Lipinski definition) is 6. The summed E-state index contributed by atoms with van der Waals surface area (Å²) in [5, 5.41) is 2.76. The topological polar surface area (TPSA) is 84.9 Å². The van der Waals surface area contributed by atoms with Crippen LogP contribution in [-0.4, -0.2) is 43.8 Å². The Morgan fingerprint density at radius 1 is 1.15 bits per heavy atom. The molecule has 1 aliphatic rings. The number of carbonyl (C=O) groups excluding carboxylic acids is 3. The number of benzene rings is 2. The molecule has 3 rings (SSSR count). The molecule has 0 unspecified atom stereocenters. The number of hydrogen-bond donors (Lipinski definition) is 1. The first kappa shape index (κ1) is 18.8. The van der Waals surface area contributed by atoms with E-state index in [0.29, 0.717) is 17.2 Å². The van der Waals surface area contributed by atoms with E-state index in [1.807, 2.05) is 24.3 Å². The number of thioether (sulfide) groups is 1. The Morgan fingerprint density at radius 2 is 1.89 bits per heavy atom. The predicted octanol–water partition coefficient (Wildman–Crippen LogP) is 2.32. The predicted molar refractivity (Wildman–Crippen MR) is 102 cm³/mol. The first-order chi connectivity index (χ1) is 13.1. The number of carbonyl (C=O) groups is 3. The number of nitrogens with zero attached hydrogens (tertiary/aromatic N) is 1. The summed E-state index contributed by atoms with van der Waals surface area (Å²) in [5.74, 6) is -0.0717. The van der Waals surface area contributed by atoms with Crippen molar-refractivity contribution in [1.82, 2.24) is 0 Å². The molecule has 140 valence electrons. The lowest BCUT2D eigenvalue weighted by molar-refractivity contribution is -0.142. The van der Waals surface area contributed by atoms with Gasteiger partial charge in [0, 0.05) is 10.6 Å². The summed E-state index contributed by atoms with van der Waals surface area (Å²) in [7, 11) is 1.29. The van der Waals surface area contributed by atoms with Crippen LogP contribution in [0.2, 0.25) is 0 Å². The molecule has 1 heterocycles. The lowest BCUT2D eigenvalue weighted by Crippen LogP contribution is -2.41. The Hall–Kier alpha value is -3.00. The van der Waals surface area contributed by atoms with Gasteiger partial charge in [-0.1, -0.05) is 12.1 Å². The highest BCUT2D eigenvalue weighted by atomic mass is 32.2. The van der Waals surface area contributed by atoms with Gasteiger partial charge in [-0.05, 0) is 36.4 Å². The van der Waals surface area contributed by atoms with Crippen molar-refractivity contribution < 1.29 is 23.9 Å². The van der Waals surface area contributed by atoms with E-state index in [2.05, 4.69) is 10.1 Å². The molecule has 2 aromatic rings. The van der Waals surface area contributed by atoms with Crippen LogP contribution < -0.4 is 15.0 Å². The Morgan fingerprint density at radius 3 is 2.63 bits per heavy atom. The number of methoxy groups -OCH3 is 1. The van der Waals surface area contributed by atoms with Crippen LogP contribution in [0.3, 0.4) is 0 Å². The standard InChI is InChI=1S/C19H18N2O5S/c1-25-19(24)11-26-14-8-6-13(7-9-14)20-17(22)10-21-15-4-2-3-5-16(15)27-12-18(21)23/h2-9H,10-12H2,1H3,(H,20,22). The molecule has 0 atom stereocenters. The molecule has 0 radical (unpaired) electrons. The first-order valence-electron chi connectivity index (χ1n) is 8.18. The molecule has 2 aromatic carbocycles. The summed E-state index contributed by atoms with van der Waals surface area (Å²) in [6, 6.07) is 14.1. The van der Waals surface area contributed by atoms with Gasteiger partial charge in [0.25, 0.3) is 0 Å². The SMILES string of the molecule is COC(=O)COc1ccc(NC(=O)CN2C(=O)CSc3ccccc32)cc1. The van der Waals surface area contributed by atoms with E-state index in [1.165, 1.54) is 23.8 Å². The van der Waals surface area contributed by atoms with Gasteiger partial charge in [-0.2, -0.15) is 0 Å². The van der Waals surface area contributed by atoms with Crippen LogP contribution in [0.4, 0.5) is 11.4 Å². The van der Waals surface area contributed by atoms with Gasteiger partial charge in [-0.25, -0.2) is 4.79 Å². The second-order valence-electron chi connectivity index (χ2n) is 5.67. The van der Waals surface area contributed by atoms with Crippen LogP contribution in [0.1, 0.15) is 0 Å². The molecule has 7 nitrogen and oxygen atoms in total. The summed E-state index contributed by atoms with van der Waals surface area (Å²) in [4.78, 5) is 38.1. The van der Waals surface area contributed by atoms with E-state index in [-0.39, 0.29) is 25.0 Å². The van der Waals surface area contributed by atoms with Crippen molar-refractivity contribution in [3.05, 3.63) is 48.5 Å². The first-order valence-corrected chi connectivity index (χ1v) is 9.17. The summed E-state index contributed by atoms with van der Waals surface area (Å²) in [5.41, 5.74) is 1.32. The molecule has 8 heteroatoms. The molecule has 27 heavy (non-hydrogen) atoms. The minimum atomic E-state index is -0.475. The lowest BCUT2D eigenvalue weighted by atomic mass is 10.2. The molecular weight excluding hydrogens is 368 g/mol. The maximum Gasteiger partial charge on any atom is 0.343 e. The van der Waals surface area contributed by atoms with E-state index < -0.39 is 5.97 Å². The molecule has 0 saturated carbocycles. The lowest BCUT2D eigenvalue weighted by Gasteiger charge is -2.28. The molecule has 0 bridgehead atoms. The second-order valence-corrected chi connectivity index (χ2v) is 6.69. The zero-order valence-corrected chi connectivity index (χ0v) is 15.5. The minimum Gasteiger partial charge on any atom is -0.482 e. The van der Waals surface area contributed by atoms with Crippen molar-refractivity contribution in [1.29, 1.82) is 0 Å². The van der Waals surface area contributed by atoms with Gasteiger partial charge in [0.15, 0.2) is 6.61 Å². The minimum absolute atomic E-state index is 0.0585. The molecule has 0 aromatic heterocycles. The van der Waals surface area contributed by atoms with Crippen LogP contribution in [0.5, 0.6) is 5.75 Å². The van der Waals surface area contributed by atoms with Crippen molar-refractivity contribution in [2.24, 2.45) is 0 Å². The molecule has 0 saturated heterocycles. The van der Waals surface area contributed by atoms with Gasteiger partial charge in [-0.3, -0.25) is 9.59 Å². The molecule has 1 N–H and O–H groups in total. The zero-order chi connectivity index (χ0) is 19.2. The van der Waals surface area contributed by atoms with E-state index in [0.717, 1.165) is 10.6 Å². The summed E-state index contributed by atoms with van der Waals surface area (Å²) in [6.07, 6.45) is 0. The Balaban J connectivity index is 1.59. The number of anilines is 2. The van der Waals surface area contributed by atoms with Crippen LogP contribution in [-0.2, 0) is 19.1 Å². The average molecular weight is 386 g/mol. The highest BCUT2D eigenvalue weighted by Gasteiger charge is 2.26. The van der Waals surface area contributed by atoms with Gasteiger partial charge in [0.2, 0.25) is 11.8 Å². The molecule has 2 amide bonds. The molecular formula is C19H18N2O5S. The largest absolute Gasteiger partial charge is 0.482 e. The van der Waals surface area contributed by atoms with E-state index in [9.17, 15) is 14.4 Å². The van der Waals surface area contributed by atoms with Gasteiger partial charge in [0.1, 0.15) is 12.3 Å². The Kier molecular flexibility index (Phi) is 5.97. The van der Waals surface area contributed by atoms with Crippen molar-refractivity contribution in [3.63, 3.8) is 0 Å². The summed E-state index contributed by atoms with van der Waals surface area (Å²) >= 11 is 1.47. The van der Waals surface area contributed by atoms with Crippen molar-refractivity contribution >= 4 is 40.9 Å². The summed E-state index contributed by atoms with van der Waals surface area (Å²) < 4.78 is 9.75. The fourth-order valence-corrected chi connectivity index (χ4v) is 3.44. The Bertz CT molecular complexity index is 853. The Labute approximate surface area is 160 Å². The van der Waals surface area contributed by atoms with Gasteiger partial charge >= 0.3 is 5.97 Å².